The Hall–Kier alpha value is -2.70. The highest BCUT2D eigenvalue weighted by molar-refractivity contribution is 5.94. The smallest absolute Gasteiger partial charge is 0.296 e. The van der Waals surface area contributed by atoms with Gasteiger partial charge in [0.15, 0.2) is 5.69 Å². The van der Waals surface area contributed by atoms with E-state index in [0.717, 1.165) is 0 Å². The summed E-state index contributed by atoms with van der Waals surface area (Å²) in [4.78, 5) is 27.5. The summed E-state index contributed by atoms with van der Waals surface area (Å²) in [6.45, 7) is 3.83. The van der Waals surface area contributed by atoms with Gasteiger partial charge in [0, 0.05) is 13.1 Å². The predicted octanol–water partition coefficient (Wildman–Crippen LogP) is 1.35. The zero-order chi connectivity index (χ0) is 16.3. The monoisotopic (exact) mass is 305 g/mol. The Morgan fingerprint density at radius 3 is 2.82 bits per heavy atom. The van der Waals surface area contributed by atoms with Gasteiger partial charge in [0.05, 0.1) is 6.33 Å². The summed E-state index contributed by atoms with van der Waals surface area (Å²) in [7, 11) is 0. The fourth-order valence-electron chi connectivity index (χ4n) is 1.95. The van der Waals surface area contributed by atoms with Crippen molar-refractivity contribution in [2.45, 2.75) is 26.9 Å². The predicted molar refractivity (Wildman–Crippen MR) is 78.1 cm³/mol. The molecule has 116 valence electrons. The number of aromatic hydroxyl groups is 1. The largest absolute Gasteiger partial charge is 0.501 e. The van der Waals surface area contributed by atoms with Gasteiger partial charge in [-0.25, -0.2) is 9.37 Å². The number of hydrogen-bond donors (Lipinski definition) is 2. The molecule has 0 unspecified atom stereocenters. The van der Waals surface area contributed by atoms with Crippen LogP contribution in [0.15, 0.2) is 29.3 Å². The maximum Gasteiger partial charge on any atom is 0.296 e. The number of amides is 1. The minimum Gasteiger partial charge on any atom is -0.501 e. The first-order chi connectivity index (χ1) is 10.4. The molecular formula is C15H16FN3O3. The van der Waals surface area contributed by atoms with Crippen molar-refractivity contribution in [1.29, 1.82) is 0 Å². The Bertz CT molecular complexity index is 771. The number of carbonyl (C=O) groups excluding carboxylic acids is 1. The molecule has 6 nitrogen and oxygen atoms in total. The summed E-state index contributed by atoms with van der Waals surface area (Å²) < 4.78 is 14.4. The van der Waals surface area contributed by atoms with Crippen LogP contribution in [-0.4, -0.2) is 20.6 Å². The quantitative estimate of drug-likeness (QED) is 0.893. The summed E-state index contributed by atoms with van der Waals surface area (Å²) in [5.74, 6) is -1.67. The number of carbonyl (C=O) groups is 1. The molecule has 0 aliphatic carbocycles. The van der Waals surface area contributed by atoms with Gasteiger partial charge in [-0.15, -0.1) is 0 Å². The van der Waals surface area contributed by atoms with Gasteiger partial charge in [-0.1, -0.05) is 12.1 Å². The Kier molecular flexibility index (Phi) is 4.55. The van der Waals surface area contributed by atoms with E-state index in [1.54, 1.807) is 26.0 Å². The van der Waals surface area contributed by atoms with Gasteiger partial charge < -0.3 is 10.4 Å². The molecule has 1 heterocycles. The lowest BCUT2D eigenvalue weighted by Gasteiger charge is -2.08. The molecule has 1 amide bonds. The van der Waals surface area contributed by atoms with Crippen LogP contribution in [0, 0.1) is 12.7 Å². The lowest BCUT2D eigenvalue weighted by molar-refractivity contribution is 0.0942. The van der Waals surface area contributed by atoms with Crippen LogP contribution in [0.5, 0.6) is 5.75 Å². The molecule has 2 rings (SSSR count). The number of nitrogens with one attached hydrogen (secondary N) is 1. The molecule has 0 bridgehead atoms. The highest BCUT2D eigenvalue weighted by atomic mass is 19.1. The number of hydrogen-bond acceptors (Lipinski definition) is 4. The third-order valence-electron chi connectivity index (χ3n) is 3.25. The number of halogens is 1. The third kappa shape index (κ3) is 3.13. The van der Waals surface area contributed by atoms with Gasteiger partial charge in [0.2, 0.25) is 5.75 Å². The third-order valence-corrected chi connectivity index (χ3v) is 3.25. The second-order valence-electron chi connectivity index (χ2n) is 4.80. The summed E-state index contributed by atoms with van der Waals surface area (Å²) in [6, 6.07) is 4.47. The number of aromatic nitrogens is 2. The van der Waals surface area contributed by atoms with Crippen molar-refractivity contribution >= 4 is 5.91 Å². The van der Waals surface area contributed by atoms with E-state index in [1.807, 2.05) is 0 Å². The van der Waals surface area contributed by atoms with Gasteiger partial charge in [0.1, 0.15) is 5.82 Å². The zero-order valence-electron chi connectivity index (χ0n) is 12.3. The number of aryl methyl sites for hydroxylation is 2. The van der Waals surface area contributed by atoms with Crippen LogP contribution in [-0.2, 0) is 13.1 Å². The number of rotatable bonds is 4. The number of benzene rings is 1. The zero-order valence-corrected chi connectivity index (χ0v) is 12.3. The summed E-state index contributed by atoms with van der Waals surface area (Å²) in [5.41, 5.74) is 0.181. The first-order valence-electron chi connectivity index (χ1n) is 6.75. The van der Waals surface area contributed by atoms with E-state index >= 15 is 0 Å². The van der Waals surface area contributed by atoms with E-state index in [-0.39, 0.29) is 18.1 Å². The SMILES string of the molecule is CCn1cnc(C(=O)NCc2ccc(F)c(C)c2)c(O)c1=O. The van der Waals surface area contributed by atoms with Gasteiger partial charge >= 0.3 is 0 Å². The van der Waals surface area contributed by atoms with Crippen LogP contribution in [0.1, 0.15) is 28.5 Å². The van der Waals surface area contributed by atoms with E-state index in [0.29, 0.717) is 17.7 Å². The summed E-state index contributed by atoms with van der Waals surface area (Å²) in [5, 5.41) is 12.3. The van der Waals surface area contributed by atoms with Crippen molar-refractivity contribution in [2.24, 2.45) is 0 Å². The second kappa shape index (κ2) is 6.38. The highest BCUT2D eigenvalue weighted by Crippen LogP contribution is 2.10. The fourth-order valence-corrected chi connectivity index (χ4v) is 1.95. The molecular weight excluding hydrogens is 289 g/mol. The standard InChI is InChI=1S/C15H16FN3O3/c1-3-19-8-18-12(13(20)15(19)22)14(21)17-7-10-4-5-11(16)9(2)6-10/h4-6,8,20H,3,7H2,1-2H3,(H,17,21). The molecule has 2 aromatic rings. The van der Waals surface area contributed by atoms with Gasteiger partial charge in [-0.3, -0.25) is 14.2 Å². The lowest BCUT2D eigenvalue weighted by Crippen LogP contribution is -2.28. The first kappa shape index (κ1) is 15.7. The van der Waals surface area contributed by atoms with Crippen LogP contribution in [0.25, 0.3) is 0 Å². The molecule has 2 N–H and O–H groups in total. The van der Waals surface area contributed by atoms with Crippen LogP contribution in [0.3, 0.4) is 0 Å². The van der Waals surface area contributed by atoms with Crippen molar-refractivity contribution < 1.29 is 14.3 Å². The molecule has 0 saturated carbocycles. The topological polar surface area (TPSA) is 84.2 Å². The van der Waals surface area contributed by atoms with Crippen molar-refractivity contribution in [3.05, 3.63) is 57.5 Å². The van der Waals surface area contributed by atoms with Gasteiger partial charge in [0.25, 0.3) is 11.5 Å². The maximum absolute atomic E-state index is 13.2. The lowest BCUT2D eigenvalue weighted by atomic mass is 10.1. The van der Waals surface area contributed by atoms with E-state index in [1.165, 1.54) is 17.0 Å². The fraction of sp³-hybridized carbons (Fsp3) is 0.267. The molecule has 0 saturated heterocycles. The van der Waals surface area contributed by atoms with E-state index in [9.17, 15) is 19.1 Å². The van der Waals surface area contributed by atoms with E-state index in [2.05, 4.69) is 10.3 Å². The Labute approximate surface area is 126 Å². The van der Waals surface area contributed by atoms with Gasteiger partial charge in [-0.05, 0) is 31.0 Å². The summed E-state index contributed by atoms with van der Waals surface area (Å²) >= 11 is 0. The molecule has 1 aromatic carbocycles. The van der Waals surface area contributed by atoms with E-state index in [4.69, 9.17) is 0 Å². The Morgan fingerprint density at radius 2 is 2.18 bits per heavy atom. The van der Waals surface area contributed by atoms with Crippen LogP contribution in [0.4, 0.5) is 4.39 Å². The Morgan fingerprint density at radius 1 is 1.45 bits per heavy atom. The molecule has 7 heteroatoms. The minimum absolute atomic E-state index is 0.137. The Balaban J connectivity index is 2.14. The average molecular weight is 305 g/mol. The van der Waals surface area contributed by atoms with Crippen molar-refractivity contribution in [1.82, 2.24) is 14.9 Å². The second-order valence-corrected chi connectivity index (χ2v) is 4.80. The van der Waals surface area contributed by atoms with Crippen molar-refractivity contribution in [3.8, 4) is 5.75 Å². The van der Waals surface area contributed by atoms with Crippen LogP contribution >= 0.6 is 0 Å². The molecule has 0 aliphatic heterocycles. The molecule has 0 aliphatic rings. The normalized spacial score (nSPS) is 10.5. The molecule has 1 aromatic heterocycles. The molecule has 0 radical (unpaired) electrons. The minimum atomic E-state index is -0.683. The first-order valence-corrected chi connectivity index (χ1v) is 6.75. The molecule has 22 heavy (non-hydrogen) atoms. The molecule has 0 spiro atoms. The van der Waals surface area contributed by atoms with Crippen LogP contribution < -0.4 is 10.9 Å². The molecule has 0 fully saturated rings. The highest BCUT2D eigenvalue weighted by Gasteiger charge is 2.17. The average Bonchev–Trinajstić information content (AvgIpc) is 2.51. The summed E-state index contributed by atoms with van der Waals surface area (Å²) in [6.07, 6.45) is 1.21. The van der Waals surface area contributed by atoms with Crippen molar-refractivity contribution in [2.75, 3.05) is 0 Å². The van der Waals surface area contributed by atoms with Crippen LogP contribution in [0.2, 0.25) is 0 Å². The molecule has 0 atom stereocenters. The number of nitrogens with zero attached hydrogens (tertiary/aromatic N) is 2. The van der Waals surface area contributed by atoms with Crippen molar-refractivity contribution in [3.63, 3.8) is 0 Å². The van der Waals surface area contributed by atoms with E-state index < -0.39 is 17.2 Å². The maximum atomic E-state index is 13.2. The van der Waals surface area contributed by atoms with Gasteiger partial charge in [-0.2, -0.15) is 0 Å².